The number of nitrogens with zero attached hydrogens (tertiary/aromatic N) is 2. The maximum Gasteiger partial charge on any atom is 0.308 e. The molecule has 22 heavy (non-hydrogen) atoms. The number of sulfonamides is 1. The Morgan fingerprint density at radius 2 is 1.82 bits per heavy atom. The van der Waals surface area contributed by atoms with E-state index in [1.807, 2.05) is 0 Å². The summed E-state index contributed by atoms with van der Waals surface area (Å²) < 4.78 is 25.0. The Morgan fingerprint density at radius 3 is 2.27 bits per heavy atom. The summed E-state index contributed by atoms with van der Waals surface area (Å²) in [7, 11) is -0.657. The molecule has 1 saturated heterocycles. The molecule has 0 spiro atoms. The molecule has 0 bridgehead atoms. The topological polar surface area (TPSA) is 95.0 Å². The minimum atomic E-state index is -3.53. The fourth-order valence-corrected chi connectivity index (χ4v) is 3.21. The van der Waals surface area contributed by atoms with Crippen LogP contribution in [-0.4, -0.2) is 61.8 Å². The molecule has 1 aromatic rings. The first kappa shape index (κ1) is 16.4. The van der Waals surface area contributed by atoms with E-state index in [-0.39, 0.29) is 17.3 Å². The predicted octanol–water partition coefficient (Wildman–Crippen LogP) is 0.484. The Kier molecular flexibility index (Phi) is 4.52. The largest absolute Gasteiger partial charge is 0.481 e. The van der Waals surface area contributed by atoms with Gasteiger partial charge in [-0.2, -0.15) is 0 Å². The van der Waals surface area contributed by atoms with E-state index >= 15 is 0 Å². The lowest BCUT2D eigenvalue weighted by molar-refractivity contribution is -0.141. The Morgan fingerprint density at radius 1 is 1.23 bits per heavy atom. The first-order chi connectivity index (χ1) is 10.2. The number of aliphatic carboxylic acids is 1. The van der Waals surface area contributed by atoms with Gasteiger partial charge in [0.05, 0.1) is 10.8 Å². The number of hydrogen-bond acceptors (Lipinski definition) is 4. The van der Waals surface area contributed by atoms with Crippen LogP contribution in [0.15, 0.2) is 29.2 Å². The van der Waals surface area contributed by atoms with Crippen molar-refractivity contribution in [2.75, 3.05) is 27.2 Å². The molecule has 0 radical (unpaired) electrons. The molecule has 1 aliphatic heterocycles. The molecule has 8 heteroatoms. The van der Waals surface area contributed by atoms with Crippen LogP contribution < -0.4 is 0 Å². The van der Waals surface area contributed by atoms with Crippen LogP contribution in [0.4, 0.5) is 0 Å². The highest BCUT2D eigenvalue weighted by Crippen LogP contribution is 2.20. The van der Waals surface area contributed by atoms with E-state index in [1.54, 1.807) is 0 Å². The zero-order valence-corrected chi connectivity index (χ0v) is 13.2. The molecule has 1 aromatic carbocycles. The van der Waals surface area contributed by atoms with Crippen molar-refractivity contribution < 1.29 is 23.1 Å². The minimum Gasteiger partial charge on any atom is -0.481 e. The number of hydrogen-bond donors (Lipinski definition) is 1. The zero-order valence-electron chi connectivity index (χ0n) is 12.4. The summed E-state index contributed by atoms with van der Waals surface area (Å²) in [5.41, 5.74) is 0.351. The van der Waals surface area contributed by atoms with Gasteiger partial charge in [0, 0.05) is 32.7 Å². The van der Waals surface area contributed by atoms with Crippen molar-refractivity contribution in [2.45, 2.75) is 11.3 Å². The lowest BCUT2D eigenvalue weighted by atomic mass is 10.1. The molecule has 7 nitrogen and oxygen atoms in total. The van der Waals surface area contributed by atoms with Gasteiger partial charge in [0.15, 0.2) is 0 Å². The normalized spacial score (nSPS) is 18.7. The maximum atomic E-state index is 12.3. The highest BCUT2D eigenvalue weighted by Gasteiger charge is 2.31. The second-order valence-corrected chi connectivity index (χ2v) is 7.54. The number of amides is 1. The molecule has 1 aliphatic rings. The lowest BCUT2D eigenvalue weighted by Gasteiger charge is -2.16. The van der Waals surface area contributed by atoms with Crippen molar-refractivity contribution in [1.82, 2.24) is 9.21 Å². The fraction of sp³-hybridized carbons (Fsp3) is 0.429. The van der Waals surface area contributed by atoms with Gasteiger partial charge >= 0.3 is 5.97 Å². The average Bonchev–Trinajstić information content (AvgIpc) is 2.96. The molecule has 1 unspecified atom stereocenters. The van der Waals surface area contributed by atoms with E-state index < -0.39 is 21.9 Å². The molecule has 1 heterocycles. The summed E-state index contributed by atoms with van der Waals surface area (Å²) in [5.74, 6) is -1.71. The summed E-state index contributed by atoms with van der Waals surface area (Å²) in [6.45, 7) is 0.583. The predicted molar refractivity (Wildman–Crippen MR) is 79.0 cm³/mol. The standard InChI is InChI=1S/C14H18N2O5S/c1-15(2)22(20,21)12-5-3-10(4-6-12)13(17)16-8-7-11(9-16)14(18)19/h3-6,11H,7-9H2,1-2H3,(H,18,19). The first-order valence-corrected chi connectivity index (χ1v) is 8.22. The molecular weight excluding hydrogens is 308 g/mol. The first-order valence-electron chi connectivity index (χ1n) is 6.78. The monoisotopic (exact) mass is 326 g/mol. The zero-order chi connectivity index (χ0) is 16.5. The van der Waals surface area contributed by atoms with Gasteiger partial charge in [-0.25, -0.2) is 12.7 Å². The smallest absolute Gasteiger partial charge is 0.308 e. The number of rotatable bonds is 4. The molecule has 1 fully saturated rings. The number of carbonyl (C=O) groups is 2. The molecule has 1 atom stereocenters. The van der Waals surface area contributed by atoms with E-state index in [1.165, 1.54) is 43.3 Å². The second kappa shape index (κ2) is 6.05. The van der Waals surface area contributed by atoms with Crippen LogP contribution in [0.2, 0.25) is 0 Å². The van der Waals surface area contributed by atoms with Crippen LogP contribution >= 0.6 is 0 Å². The highest BCUT2D eigenvalue weighted by atomic mass is 32.2. The molecule has 0 saturated carbocycles. The molecule has 120 valence electrons. The molecule has 0 aromatic heterocycles. The van der Waals surface area contributed by atoms with Gasteiger partial charge in [0.25, 0.3) is 5.91 Å². The third kappa shape index (κ3) is 3.12. The Bertz CT molecular complexity index is 682. The Hall–Kier alpha value is -1.93. The minimum absolute atomic E-state index is 0.110. The van der Waals surface area contributed by atoms with E-state index in [9.17, 15) is 18.0 Å². The molecule has 1 N–H and O–H groups in total. The van der Waals surface area contributed by atoms with Crippen molar-refractivity contribution in [3.63, 3.8) is 0 Å². The summed E-state index contributed by atoms with van der Waals surface area (Å²) in [6.07, 6.45) is 0.439. The van der Waals surface area contributed by atoms with Crippen LogP contribution in [0.1, 0.15) is 16.8 Å². The maximum absolute atomic E-state index is 12.3. The molecule has 1 amide bonds. The van der Waals surface area contributed by atoms with Gasteiger partial charge in [-0.3, -0.25) is 9.59 Å². The second-order valence-electron chi connectivity index (χ2n) is 5.39. The summed E-state index contributed by atoms with van der Waals surface area (Å²) in [5, 5.41) is 8.95. The fourth-order valence-electron chi connectivity index (χ4n) is 2.31. The van der Waals surface area contributed by atoms with Crippen LogP contribution in [0.5, 0.6) is 0 Å². The third-order valence-electron chi connectivity index (χ3n) is 3.70. The van der Waals surface area contributed by atoms with E-state index in [2.05, 4.69) is 0 Å². The van der Waals surface area contributed by atoms with E-state index in [4.69, 9.17) is 5.11 Å². The van der Waals surface area contributed by atoms with Crippen molar-refractivity contribution in [1.29, 1.82) is 0 Å². The number of carboxylic acids is 1. The molecule has 0 aliphatic carbocycles. The van der Waals surface area contributed by atoms with Gasteiger partial charge in [-0.05, 0) is 30.7 Å². The SMILES string of the molecule is CN(C)S(=O)(=O)c1ccc(C(=O)N2CCC(C(=O)O)C2)cc1. The highest BCUT2D eigenvalue weighted by molar-refractivity contribution is 7.89. The van der Waals surface area contributed by atoms with Crippen molar-refractivity contribution in [3.05, 3.63) is 29.8 Å². The quantitative estimate of drug-likeness (QED) is 0.868. The Balaban J connectivity index is 2.15. The van der Waals surface area contributed by atoms with Gasteiger partial charge in [0.1, 0.15) is 0 Å². The van der Waals surface area contributed by atoms with E-state index in [0.717, 1.165) is 4.31 Å². The van der Waals surface area contributed by atoms with Gasteiger partial charge < -0.3 is 10.0 Å². The summed E-state index contributed by atoms with van der Waals surface area (Å²) in [4.78, 5) is 24.8. The van der Waals surface area contributed by atoms with Gasteiger partial charge in [0.2, 0.25) is 10.0 Å². The summed E-state index contributed by atoms with van der Waals surface area (Å²) >= 11 is 0. The van der Waals surface area contributed by atoms with Crippen LogP contribution in [0.25, 0.3) is 0 Å². The molecular formula is C14H18N2O5S. The van der Waals surface area contributed by atoms with Gasteiger partial charge in [-0.1, -0.05) is 0 Å². The van der Waals surface area contributed by atoms with Crippen molar-refractivity contribution in [2.24, 2.45) is 5.92 Å². The van der Waals surface area contributed by atoms with Crippen molar-refractivity contribution >= 4 is 21.9 Å². The van der Waals surface area contributed by atoms with Crippen LogP contribution in [0, 0.1) is 5.92 Å². The number of benzene rings is 1. The van der Waals surface area contributed by atoms with Crippen LogP contribution in [0.3, 0.4) is 0 Å². The number of carboxylic acid groups (broad SMARTS) is 1. The summed E-state index contributed by atoms with van der Waals surface area (Å²) in [6, 6.07) is 5.67. The van der Waals surface area contributed by atoms with Gasteiger partial charge in [-0.15, -0.1) is 0 Å². The number of likely N-dealkylation sites (tertiary alicyclic amines) is 1. The molecule has 2 rings (SSSR count). The Labute approximate surface area is 129 Å². The third-order valence-corrected chi connectivity index (χ3v) is 5.53. The van der Waals surface area contributed by atoms with Crippen LogP contribution in [-0.2, 0) is 14.8 Å². The lowest BCUT2D eigenvalue weighted by Crippen LogP contribution is -2.30. The van der Waals surface area contributed by atoms with E-state index in [0.29, 0.717) is 18.5 Å². The average molecular weight is 326 g/mol. The number of carbonyl (C=O) groups excluding carboxylic acids is 1. The van der Waals surface area contributed by atoms with Crippen molar-refractivity contribution in [3.8, 4) is 0 Å².